The molecule has 41 heavy (non-hydrogen) atoms. The fourth-order valence-corrected chi connectivity index (χ4v) is 6.66. The van der Waals surface area contributed by atoms with E-state index in [0.29, 0.717) is 24.5 Å². The van der Waals surface area contributed by atoms with Crippen molar-refractivity contribution in [3.05, 3.63) is 64.3 Å². The maximum Gasteiger partial charge on any atom is 0.195 e. The van der Waals surface area contributed by atoms with Crippen LogP contribution in [0.4, 0.5) is 0 Å². The van der Waals surface area contributed by atoms with Gasteiger partial charge in [-0.1, -0.05) is 52.8 Å². The summed E-state index contributed by atoms with van der Waals surface area (Å²) in [4.78, 5) is 21.6. The third kappa shape index (κ3) is 5.43. The van der Waals surface area contributed by atoms with Crippen molar-refractivity contribution in [2.45, 2.75) is 90.0 Å². The number of nitrogens with zero attached hydrogens (tertiary/aromatic N) is 1. The SMILES string of the molecule is C/N=C/c1ccc2c3c([nH]c2c1)C(C)(C)c1ccc(OC[C@H]2OC(C)(C)O[C@@H]2CO[Si](C)(C)C(C)(C)C)cc1C3=O. The van der Waals surface area contributed by atoms with E-state index in [-0.39, 0.29) is 28.4 Å². The van der Waals surface area contributed by atoms with Gasteiger partial charge in [-0.25, -0.2) is 0 Å². The van der Waals surface area contributed by atoms with Gasteiger partial charge < -0.3 is 23.6 Å². The van der Waals surface area contributed by atoms with E-state index < -0.39 is 14.1 Å². The summed E-state index contributed by atoms with van der Waals surface area (Å²) < 4.78 is 25.2. The topological polar surface area (TPSA) is 82.1 Å². The number of aromatic nitrogens is 1. The molecule has 5 rings (SSSR count). The molecule has 1 aromatic heterocycles. The van der Waals surface area contributed by atoms with Crippen molar-refractivity contribution < 1.29 is 23.4 Å². The van der Waals surface area contributed by atoms with Crippen molar-refractivity contribution >= 4 is 31.2 Å². The summed E-state index contributed by atoms with van der Waals surface area (Å²) in [7, 11) is -0.194. The second kappa shape index (κ2) is 10.2. The molecule has 0 unspecified atom stereocenters. The molecule has 2 heterocycles. The van der Waals surface area contributed by atoms with E-state index in [1.807, 2.05) is 56.5 Å². The van der Waals surface area contributed by atoms with Crippen LogP contribution in [0, 0.1) is 0 Å². The van der Waals surface area contributed by atoms with Gasteiger partial charge in [-0.2, -0.15) is 0 Å². The lowest BCUT2D eigenvalue weighted by Gasteiger charge is -2.37. The van der Waals surface area contributed by atoms with Crippen molar-refractivity contribution in [2.75, 3.05) is 20.3 Å². The van der Waals surface area contributed by atoms with Gasteiger partial charge in [0.1, 0.15) is 24.6 Å². The van der Waals surface area contributed by atoms with Crippen molar-refractivity contribution in [1.29, 1.82) is 0 Å². The fourth-order valence-electron chi connectivity index (χ4n) is 5.64. The summed E-state index contributed by atoms with van der Waals surface area (Å²) in [5.41, 5.74) is 4.86. The Morgan fingerprint density at radius 2 is 1.71 bits per heavy atom. The lowest BCUT2D eigenvalue weighted by atomic mass is 9.71. The standard InChI is InChI=1S/C33H44N2O5Si/c1-31(2,3)41(9,10)38-19-27-26(39-33(6,7)40-27)18-37-21-12-14-24-23(16-21)29(36)28-22-13-11-20(17-34-8)15-25(22)35-30(28)32(24,4)5/h11-17,26-27,35H,18-19H2,1-10H3/b34-17+/t26-,27-/m1/s1. The van der Waals surface area contributed by atoms with Crippen molar-refractivity contribution in [2.24, 2.45) is 4.99 Å². The zero-order valence-electron chi connectivity index (χ0n) is 26.1. The Hall–Kier alpha value is -2.78. The molecule has 1 N–H and O–H groups in total. The monoisotopic (exact) mass is 576 g/mol. The highest BCUT2D eigenvalue weighted by Crippen LogP contribution is 2.45. The van der Waals surface area contributed by atoms with E-state index in [0.717, 1.165) is 33.3 Å². The molecule has 1 aliphatic heterocycles. The molecule has 0 radical (unpaired) electrons. The zero-order chi connectivity index (χ0) is 30.0. The van der Waals surface area contributed by atoms with Crippen LogP contribution in [0.5, 0.6) is 5.75 Å². The Morgan fingerprint density at radius 3 is 2.37 bits per heavy atom. The minimum Gasteiger partial charge on any atom is -0.491 e. The number of hydrogen-bond acceptors (Lipinski definition) is 6. The Morgan fingerprint density at radius 1 is 1.02 bits per heavy atom. The van der Waals surface area contributed by atoms with Gasteiger partial charge in [0.25, 0.3) is 0 Å². The molecule has 7 nitrogen and oxygen atoms in total. The van der Waals surface area contributed by atoms with Crippen LogP contribution < -0.4 is 4.74 Å². The normalized spacial score (nSPS) is 21.9. The molecule has 3 aromatic rings. The average molecular weight is 577 g/mol. The highest BCUT2D eigenvalue weighted by Gasteiger charge is 2.45. The lowest BCUT2D eigenvalue weighted by molar-refractivity contribution is -0.150. The zero-order valence-corrected chi connectivity index (χ0v) is 27.1. The second-order valence-electron chi connectivity index (χ2n) is 13.8. The first kappa shape index (κ1) is 29.7. The van der Waals surface area contributed by atoms with Gasteiger partial charge in [0.05, 0.1) is 12.2 Å². The molecule has 2 atom stereocenters. The summed E-state index contributed by atoms with van der Waals surface area (Å²) in [6.45, 7) is 20.1. The van der Waals surface area contributed by atoms with E-state index in [4.69, 9.17) is 18.6 Å². The Bertz CT molecular complexity index is 1510. The Kier molecular flexibility index (Phi) is 7.38. The van der Waals surface area contributed by atoms with Gasteiger partial charge in [0.2, 0.25) is 0 Å². The van der Waals surface area contributed by atoms with Crippen LogP contribution in [0.3, 0.4) is 0 Å². The highest BCUT2D eigenvalue weighted by atomic mass is 28.4. The molecule has 8 heteroatoms. The van der Waals surface area contributed by atoms with E-state index >= 15 is 0 Å². The fraction of sp³-hybridized carbons (Fsp3) is 0.515. The number of H-pyrrole nitrogens is 1. The molecule has 1 saturated heterocycles. The number of aliphatic imine (C=N–C) groups is 1. The predicted molar refractivity (Wildman–Crippen MR) is 166 cm³/mol. The number of ether oxygens (including phenoxy) is 3. The van der Waals surface area contributed by atoms with E-state index in [2.05, 4.69) is 57.7 Å². The Labute approximate surface area is 244 Å². The molecule has 0 spiro atoms. The molecule has 2 aromatic carbocycles. The first-order valence-corrected chi connectivity index (χ1v) is 17.3. The number of carbonyl (C=O) groups excluding carboxylic acids is 1. The van der Waals surface area contributed by atoms with E-state index in [1.54, 1.807) is 7.05 Å². The molecule has 0 amide bonds. The highest BCUT2D eigenvalue weighted by molar-refractivity contribution is 6.74. The van der Waals surface area contributed by atoms with Gasteiger partial charge in [-0.3, -0.25) is 9.79 Å². The largest absolute Gasteiger partial charge is 0.491 e. The summed E-state index contributed by atoms with van der Waals surface area (Å²) in [5.74, 6) is -0.0833. The predicted octanol–water partition coefficient (Wildman–Crippen LogP) is 7.01. The first-order chi connectivity index (χ1) is 19.0. The van der Waals surface area contributed by atoms with Crippen molar-refractivity contribution in [3.8, 4) is 5.75 Å². The third-order valence-electron chi connectivity index (χ3n) is 8.98. The molecule has 1 aliphatic carbocycles. The summed E-state index contributed by atoms with van der Waals surface area (Å²) >= 11 is 0. The summed E-state index contributed by atoms with van der Waals surface area (Å²) in [5, 5.41) is 1.03. The first-order valence-electron chi connectivity index (χ1n) is 14.4. The van der Waals surface area contributed by atoms with Crippen LogP contribution in [0.25, 0.3) is 10.9 Å². The summed E-state index contributed by atoms with van der Waals surface area (Å²) in [6.07, 6.45) is 1.28. The number of nitrogens with one attached hydrogen (secondary N) is 1. The average Bonchev–Trinajstić information content (AvgIpc) is 3.41. The number of aromatic amines is 1. The van der Waals surface area contributed by atoms with Crippen LogP contribution in [0.1, 0.15) is 81.2 Å². The van der Waals surface area contributed by atoms with Crippen LogP contribution in [-0.2, 0) is 19.3 Å². The number of rotatable bonds is 7. The number of carbonyl (C=O) groups is 1. The van der Waals surface area contributed by atoms with E-state index in [9.17, 15) is 4.79 Å². The van der Waals surface area contributed by atoms with Crippen molar-refractivity contribution in [3.63, 3.8) is 0 Å². The molecule has 220 valence electrons. The lowest BCUT2D eigenvalue weighted by Crippen LogP contribution is -2.44. The third-order valence-corrected chi connectivity index (χ3v) is 13.5. The molecule has 2 aliphatic rings. The van der Waals surface area contributed by atoms with Crippen LogP contribution in [0.2, 0.25) is 18.1 Å². The van der Waals surface area contributed by atoms with Gasteiger partial charge in [0, 0.05) is 40.8 Å². The van der Waals surface area contributed by atoms with Crippen molar-refractivity contribution in [1.82, 2.24) is 4.98 Å². The number of ketones is 1. The van der Waals surface area contributed by atoms with Crippen LogP contribution >= 0.6 is 0 Å². The number of hydrogen-bond donors (Lipinski definition) is 1. The molecule has 1 fully saturated rings. The molecule has 0 bridgehead atoms. The minimum atomic E-state index is -1.95. The van der Waals surface area contributed by atoms with Gasteiger partial charge in [-0.15, -0.1) is 0 Å². The number of fused-ring (bicyclic) bond motifs is 4. The quantitative estimate of drug-likeness (QED) is 0.242. The van der Waals surface area contributed by atoms with Crippen LogP contribution in [0.15, 0.2) is 41.4 Å². The molecular weight excluding hydrogens is 532 g/mol. The molecule has 0 saturated carbocycles. The van der Waals surface area contributed by atoms with Gasteiger partial charge in [0.15, 0.2) is 19.9 Å². The second-order valence-corrected chi connectivity index (χ2v) is 18.6. The molecular formula is C33H44N2O5Si. The minimum absolute atomic E-state index is 0.00478. The van der Waals surface area contributed by atoms with E-state index in [1.165, 1.54) is 0 Å². The Balaban J connectivity index is 1.38. The number of benzene rings is 2. The maximum absolute atomic E-state index is 13.9. The smallest absolute Gasteiger partial charge is 0.195 e. The maximum atomic E-state index is 13.9. The van der Waals surface area contributed by atoms with Crippen LogP contribution in [-0.4, -0.2) is 63.6 Å². The van der Waals surface area contributed by atoms with Gasteiger partial charge in [-0.05, 0) is 61.3 Å². The summed E-state index contributed by atoms with van der Waals surface area (Å²) in [6, 6.07) is 11.9. The van der Waals surface area contributed by atoms with Gasteiger partial charge >= 0.3 is 0 Å².